The highest BCUT2D eigenvalue weighted by Gasteiger charge is 2.39. The molecule has 20 heavy (non-hydrogen) atoms. The minimum Gasteiger partial charge on any atom is -0.327 e. The Bertz CT molecular complexity index is 452. The van der Waals surface area contributed by atoms with Crippen LogP contribution in [0.2, 0.25) is 0 Å². The van der Waals surface area contributed by atoms with Crippen LogP contribution < -0.4 is 5.73 Å². The van der Waals surface area contributed by atoms with E-state index in [1.807, 2.05) is 12.1 Å². The van der Waals surface area contributed by atoms with Gasteiger partial charge in [0.15, 0.2) is 0 Å². The van der Waals surface area contributed by atoms with Crippen molar-refractivity contribution in [2.24, 2.45) is 17.1 Å². The molecule has 0 spiro atoms. The topological polar surface area (TPSA) is 26.0 Å². The van der Waals surface area contributed by atoms with Gasteiger partial charge in [-0.15, -0.1) is 0 Å². The third-order valence-corrected chi connectivity index (χ3v) is 5.15. The maximum atomic E-state index is 14.0. The first-order valence-electron chi connectivity index (χ1n) is 7.62. The van der Waals surface area contributed by atoms with E-state index in [9.17, 15) is 4.39 Å². The van der Waals surface area contributed by atoms with Crippen molar-refractivity contribution >= 4 is 15.9 Å². The molecule has 2 rings (SSSR count). The van der Waals surface area contributed by atoms with Gasteiger partial charge in [0.1, 0.15) is 5.82 Å². The molecule has 0 heterocycles. The highest BCUT2D eigenvalue weighted by Crippen LogP contribution is 2.46. The van der Waals surface area contributed by atoms with Crippen LogP contribution in [0.15, 0.2) is 22.7 Å². The van der Waals surface area contributed by atoms with Gasteiger partial charge in [-0.05, 0) is 54.7 Å². The summed E-state index contributed by atoms with van der Waals surface area (Å²) < 4.78 is 14.8. The molecule has 0 aliphatic heterocycles. The van der Waals surface area contributed by atoms with Crippen molar-refractivity contribution in [3.05, 3.63) is 34.1 Å². The third kappa shape index (κ3) is 3.62. The van der Waals surface area contributed by atoms with Crippen molar-refractivity contribution in [3.8, 4) is 0 Å². The zero-order valence-electron chi connectivity index (χ0n) is 12.5. The molecular formula is C17H25BrFN. The molecule has 1 saturated carbocycles. The highest BCUT2D eigenvalue weighted by molar-refractivity contribution is 9.10. The minimum absolute atomic E-state index is 0.0584. The fourth-order valence-corrected chi connectivity index (χ4v) is 4.09. The van der Waals surface area contributed by atoms with Crippen LogP contribution >= 0.6 is 15.9 Å². The van der Waals surface area contributed by atoms with Crippen LogP contribution in [0.25, 0.3) is 0 Å². The zero-order valence-corrected chi connectivity index (χ0v) is 14.0. The zero-order chi connectivity index (χ0) is 14.8. The molecule has 1 aromatic carbocycles. The molecule has 1 unspecified atom stereocenters. The van der Waals surface area contributed by atoms with Crippen LogP contribution in [0.4, 0.5) is 4.39 Å². The molecule has 0 saturated heterocycles. The summed E-state index contributed by atoms with van der Waals surface area (Å²) in [5.41, 5.74) is 7.48. The Morgan fingerprint density at radius 2 is 1.95 bits per heavy atom. The lowest BCUT2D eigenvalue weighted by molar-refractivity contribution is 0.181. The Hall–Kier alpha value is -0.410. The Balaban J connectivity index is 2.14. The highest BCUT2D eigenvalue weighted by atomic mass is 79.9. The number of hydrogen-bond donors (Lipinski definition) is 1. The fraction of sp³-hybridized carbons (Fsp3) is 0.647. The van der Waals surface area contributed by atoms with E-state index >= 15 is 0 Å². The molecule has 1 aromatic rings. The van der Waals surface area contributed by atoms with Crippen molar-refractivity contribution in [3.63, 3.8) is 0 Å². The molecule has 1 nitrogen and oxygen atoms in total. The van der Waals surface area contributed by atoms with E-state index in [4.69, 9.17) is 5.73 Å². The Labute approximate surface area is 130 Å². The van der Waals surface area contributed by atoms with E-state index in [1.165, 1.54) is 31.7 Å². The average molecular weight is 342 g/mol. The lowest BCUT2D eigenvalue weighted by Crippen LogP contribution is -2.42. The van der Waals surface area contributed by atoms with Crippen molar-refractivity contribution in [1.29, 1.82) is 0 Å². The SMILES string of the molecule is CC(C)CC1(C(N)Cc2ccc(Br)cc2F)CCCC1. The summed E-state index contributed by atoms with van der Waals surface area (Å²) in [5.74, 6) is 0.501. The number of nitrogens with two attached hydrogens (primary N) is 1. The van der Waals surface area contributed by atoms with Gasteiger partial charge in [0.2, 0.25) is 0 Å². The molecule has 0 aromatic heterocycles. The Kier molecular flexibility index (Phi) is 5.25. The lowest BCUT2D eigenvalue weighted by atomic mass is 9.71. The Morgan fingerprint density at radius 1 is 1.30 bits per heavy atom. The molecule has 112 valence electrons. The smallest absolute Gasteiger partial charge is 0.127 e. The predicted molar refractivity (Wildman–Crippen MR) is 86.1 cm³/mol. The predicted octanol–water partition coefficient (Wildman–Crippen LogP) is 5.06. The summed E-state index contributed by atoms with van der Waals surface area (Å²) in [4.78, 5) is 0. The van der Waals surface area contributed by atoms with Crippen LogP contribution in [0.5, 0.6) is 0 Å². The first-order valence-corrected chi connectivity index (χ1v) is 8.42. The summed E-state index contributed by atoms with van der Waals surface area (Å²) in [6.45, 7) is 4.51. The van der Waals surface area contributed by atoms with Gasteiger partial charge < -0.3 is 5.73 Å². The van der Waals surface area contributed by atoms with E-state index in [2.05, 4.69) is 29.8 Å². The summed E-state index contributed by atoms with van der Waals surface area (Å²) in [6, 6.07) is 5.35. The molecule has 3 heteroatoms. The monoisotopic (exact) mass is 341 g/mol. The van der Waals surface area contributed by atoms with Crippen molar-refractivity contribution < 1.29 is 4.39 Å². The quantitative estimate of drug-likeness (QED) is 0.795. The van der Waals surface area contributed by atoms with Crippen molar-refractivity contribution in [1.82, 2.24) is 0 Å². The average Bonchev–Trinajstić information content (AvgIpc) is 2.81. The molecule has 1 fully saturated rings. The van der Waals surface area contributed by atoms with Crippen LogP contribution in [0.1, 0.15) is 51.5 Å². The van der Waals surface area contributed by atoms with Gasteiger partial charge in [-0.3, -0.25) is 0 Å². The second-order valence-electron chi connectivity index (χ2n) is 6.71. The second kappa shape index (κ2) is 6.57. The van der Waals surface area contributed by atoms with Gasteiger partial charge in [-0.25, -0.2) is 4.39 Å². The van der Waals surface area contributed by atoms with Gasteiger partial charge >= 0.3 is 0 Å². The maximum absolute atomic E-state index is 14.0. The maximum Gasteiger partial charge on any atom is 0.127 e. The summed E-state index contributed by atoms with van der Waals surface area (Å²) in [7, 11) is 0. The number of hydrogen-bond acceptors (Lipinski definition) is 1. The largest absolute Gasteiger partial charge is 0.327 e. The van der Waals surface area contributed by atoms with Crippen LogP contribution in [-0.2, 0) is 6.42 Å². The van der Waals surface area contributed by atoms with E-state index < -0.39 is 0 Å². The first-order chi connectivity index (χ1) is 9.43. The molecule has 2 N–H and O–H groups in total. The number of rotatable bonds is 5. The molecule has 1 aliphatic rings. The first kappa shape index (κ1) is 16.0. The van der Waals surface area contributed by atoms with Gasteiger partial charge in [-0.1, -0.05) is 48.7 Å². The summed E-state index contributed by atoms with van der Waals surface area (Å²) >= 11 is 3.30. The van der Waals surface area contributed by atoms with E-state index in [1.54, 1.807) is 0 Å². The second-order valence-corrected chi connectivity index (χ2v) is 7.63. The van der Waals surface area contributed by atoms with Crippen LogP contribution in [-0.4, -0.2) is 6.04 Å². The van der Waals surface area contributed by atoms with Gasteiger partial charge in [0, 0.05) is 10.5 Å². The molecule has 0 amide bonds. The third-order valence-electron chi connectivity index (χ3n) is 4.66. The van der Waals surface area contributed by atoms with Crippen molar-refractivity contribution in [2.45, 2.75) is 58.4 Å². The minimum atomic E-state index is -0.146. The molecule has 1 atom stereocenters. The molecule has 1 aliphatic carbocycles. The molecular weight excluding hydrogens is 317 g/mol. The van der Waals surface area contributed by atoms with E-state index in [-0.39, 0.29) is 17.3 Å². The van der Waals surface area contributed by atoms with Crippen LogP contribution in [0, 0.1) is 17.2 Å². The van der Waals surface area contributed by atoms with Gasteiger partial charge in [0.05, 0.1) is 0 Å². The standard InChI is InChI=1S/C17H25BrFN/c1-12(2)11-17(7-3-4-8-17)16(20)9-13-5-6-14(18)10-15(13)19/h5-6,10,12,16H,3-4,7-9,11,20H2,1-2H3. The summed E-state index contributed by atoms with van der Waals surface area (Å²) in [6.07, 6.45) is 6.74. The molecule has 0 bridgehead atoms. The Morgan fingerprint density at radius 3 is 2.50 bits per heavy atom. The van der Waals surface area contributed by atoms with Crippen LogP contribution in [0.3, 0.4) is 0 Å². The summed E-state index contributed by atoms with van der Waals surface area (Å²) in [5, 5.41) is 0. The van der Waals surface area contributed by atoms with E-state index in [0.717, 1.165) is 16.5 Å². The van der Waals surface area contributed by atoms with E-state index in [0.29, 0.717) is 12.3 Å². The number of halogens is 2. The lowest BCUT2D eigenvalue weighted by Gasteiger charge is -2.37. The fourth-order valence-electron chi connectivity index (χ4n) is 3.76. The van der Waals surface area contributed by atoms with Gasteiger partial charge in [-0.2, -0.15) is 0 Å². The normalized spacial score (nSPS) is 19.5. The number of benzene rings is 1. The molecule has 0 radical (unpaired) electrons. The van der Waals surface area contributed by atoms with Crippen molar-refractivity contribution in [2.75, 3.05) is 0 Å². The van der Waals surface area contributed by atoms with Gasteiger partial charge in [0.25, 0.3) is 0 Å².